The molecule has 0 aliphatic heterocycles. The van der Waals surface area contributed by atoms with E-state index in [-0.39, 0.29) is 36.7 Å². The van der Waals surface area contributed by atoms with Gasteiger partial charge in [-0.15, -0.1) is 11.3 Å². The van der Waals surface area contributed by atoms with E-state index in [9.17, 15) is 14.4 Å². The van der Waals surface area contributed by atoms with Crippen LogP contribution in [0.5, 0.6) is 0 Å². The summed E-state index contributed by atoms with van der Waals surface area (Å²) in [6.45, 7) is 3.99. The van der Waals surface area contributed by atoms with E-state index < -0.39 is 0 Å². The Morgan fingerprint density at radius 3 is 2.45 bits per heavy atom. The molecule has 2 N–H and O–H groups in total. The van der Waals surface area contributed by atoms with Crippen molar-refractivity contribution >= 4 is 39.9 Å². The van der Waals surface area contributed by atoms with Gasteiger partial charge in [0.1, 0.15) is 6.54 Å². The van der Waals surface area contributed by atoms with Gasteiger partial charge in [-0.05, 0) is 62.1 Å². The first-order valence-electron chi connectivity index (χ1n) is 10.9. The monoisotopic (exact) mass is 462 g/mol. The Hall–Kier alpha value is -3.52. The highest BCUT2D eigenvalue weighted by atomic mass is 32.1. The third kappa shape index (κ3) is 6.04. The number of nitrogens with zero attached hydrogens (tertiary/aromatic N) is 2. The number of hydrogen-bond donors (Lipinski definition) is 2. The average molecular weight is 463 g/mol. The molecule has 1 aliphatic carbocycles. The highest BCUT2D eigenvalue weighted by Gasteiger charge is 2.34. The molecule has 2 aromatic carbocycles. The number of aryl methyl sites for hydroxylation is 2. The molecule has 3 aromatic rings. The molecule has 4 rings (SSSR count). The van der Waals surface area contributed by atoms with Crippen molar-refractivity contribution < 1.29 is 14.4 Å². The summed E-state index contributed by atoms with van der Waals surface area (Å²) in [5, 5.41) is 7.80. The zero-order chi connectivity index (χ0) is 23.4. The minimum atomic E-state index is -0.299. The van der Waals surface area contributed by atoms with Crippen molar-refractivity contribution in [1.82, 2.24) is 9.88 Å². The quantitative estimate of drug-likeness (QED) is 0.525. The molecule has 1 aromatic heterocycles. The number of anilines is 2. The fourth-order valence-corrected chi connectivity index (χ4v) is 4.17. The Labute approximate surface area is 196 Å². The summed E-state index contributed by atoms with van der Waals surface area (Å²) < 4.78 is 0. The molecular formula is C25H26N4O3S. The molecule has 1 aliphatic rings. The van der Waals surface area contributed by atoms with Gasteiger partial charge in [-0.3, -0.25) is 14.4 Å². The van der Waals surface area contributed by atoms with Gasteiger partial charge in [0, 0.05) is 22.7 Å². The maximum absolute atomic E-state index is 12.8. The lowest BCUT2D eigenvalue weighted by atomic mass is 10.1. The highest BCUT2D eigenvalue weighted by molar-refractivity contribution is 7.13. The second-order valence-corrected chi connectivity index (χ2v) is 9.10. The maximum Gasteiger partial charge on any atom is 0.254 e. The van der Waals surface area contributed by atoms with Gasteiger partial charge < -0.3 is 15.5 Å². The van der Waals surface area contributed by atoms with E-state index in [2.05, 4.69) is 15.6 Å². The lowest BCUT2D eigenvalue weighted by Crippen LogP contribution is -2.39. The Kier molecular flexibility index (Phi) is 6.84. The minimum absolute atomic E-state index is 0.0272. The summed E-state index contributed by atoms with van der Waals surface area (Å²) >= 11 is 1.26. The number of carbonyl (C=O) groups is 3. The standard InChI is InChI=1S/C25H26N4O3S/c1-16-8-9-19(12-17(16)2)26-22(30)13-20-15-33-25(27-20)28-23(31)14-29(21-10-11-21)24(32)18-6-4-3-5-7-18/h3-9,12,15,21H,10-11,13-14H2,1-2H3,(H,26,30)(H,27,28,31). The van der Waals surface area contributed by atoms with Crippen molar-refractivity contribution in [2.24, 2.45) is 0 Å². The van der Waals surface area contributed by atoms with Gasteiger partial charge in [0.2, 0.25) is 11.8 Å². The third-order valence-corrected chi connectivity index (χ3v) is 6.32. The van der Waals surface area contributed by atoms with Gasteiger partial charge in [-0.2, -0.15) is 0 Å². The van der Waals surface area contributed by atoms with Crippen molar-refractivity contribution in [2.45, 2.75) is 39.2 Å². The van der Waals surface area contributed by atoms with Crippen LogP contribution in [0.15, 0.2) is 53.9 Å². The third-order valence-electron chi connectivity index (χ3n) is 5.51. The van der Waals surface area contributed by atoms with Crippen LogP contribution in [-0.2, 0) is 16.0 Å². The molecule has 170 valence electrons. The number of benzene rings is 2. The lowest BCUT2D eigenvalue weighted by molar-refractivity contribution is -0.117. The molecule has 0 bridgehead atoms. The van der Waals surface area contributed by atoms with Crippen LogP contribution in [0.4, 0.5) is 10.8 Å². The molecule has 1 fully saturated rings. The predicted molar refractivity (Wildman–Crippen MR) is 129 cm³/mol. The summed E-state index contributed by atoms with van der Waals surface area (Å²) in [5.74, 6) is -0.613. The van der Waals surface area contributed by atoms with Crippen molar-refractivity contribution in [3.63, 3.8) is 0 Å². The number of hydrogen-bond acceptors (Lipinski definition) is 5. The smallest absolute Gasteiger partial charge is 0.254 e. The number of carbonyl (C=O) groups excluding carboxylic acids is 3. The van der Waals surface area contributed by atoms with Gasteiger partial charge in [0.15, 0.2) is 5.13 Å². The zero-order valence-corrected chi connectivity index (χ0v) is 19.4. The van der Waals surface area contributed by atoms with Crippen LogP contribution in [0, 0.1) is 13.8 Å². The molecule has 3 amide bonds. The van der Waals surface area contributed by atoms with Crippen LogP contribution in [0.2, 0.25) is 0 Å². The first-order valence-corrected chi connectivity index (χ1v) is 11.7. The van der Waals surface area contributed by atoms with Crippen LogP contribution in [0.25, 0.3) is 0 Å². The van der Waals surface area contributed by atoms with Crippen molar-refractivity contribution in [3.8, 4) is 0 Å². The summed E-state index contributed by atoms with van der Waals surface area (Å²) in [6.07, 6.45) is 1.92. The molecule has 7 nitrogen and oxygen atoms in total. The molecule has 0 spiro atoms. The molecule has 1 saturated carbocycles. The molecule has 33 heavy (non-hydrogen) atoms. The summed E-state index contributed by atoms with van der Waals surface area (Å²) in [5.41, 5.74) is 4.17. The molecule has 8 heteroatoms. The Balaban J connectivity index is 1.32. The van der Waals surface area contributed by atoms with E-state index >= 15 is 0 Å². The Bertz CT molecular complexity index is 1170. The van der Waals surface area contributed by atoms with E-state index in [1.54, 1.807) is 22.4 Å². The van der Waals surface area contributed by atoms with E-state index in [0.29, 0.717) is 16.4 Å². The van der Waals surface area contributed by atoms with Crippen LogP contribution in [-0.4, -0.2) is 40.2 Å². The number of nitrogens with one attached hydrogen (secondary N) is 2. The van der Waals surface area contributed by atoms with E-state index in [1.165, 1.54) is 16.9 Å². The van der Waals surface area contributed by atoms with E-state index in [0.717, 1.165) is 24.1 Å². The topological polar surface area (TPSA) is 91.4 Å². The van der Waals surface area contributed by atoms with Crippen LogP contribution in [0.3, 0.4) is 0 Å². The van der Waals surface area contributed by atoms with Crippen molar-refractivity contribution in [2.75, 3.05) is 17.2 Å². The molecule has 0 atom stereocenters. The molecule has 0 unspecified atom stereocenters. The van der Waals surface area contributed by atoms with Gasteiger partial charge in [-0.1, -0.05) is 24.3 Å². The van der Waals surface area contributed by atoms with Gasteiger partial charge in [0.05, 0.1) is 12.1 Å². The number of amides is 3. The van der Waals surface area contributed by atoms with Crippen molar-refractivity contribution in [1.29, 1.82) is 0 Å². The highest BCUT2D eigenvalue weighted by Crippen LogP contribution is 2.28. The van der Waals surface area contributed by atoms with E-state index in [1.807, 2.05) is 50.2 Å². The summed E-state index contributed by atoms with van der Waals surface area (Å²) in [4.78, 5) is 43.8. The fraction of sp³-hybridized carbons (Fsp3) is 0.280. The van der Waals surface area contributed by atoms with Gasteiger partial charge in [0.25, 0.3) is 5.91 Å². The Morgan fingerprint density at radius 1 is 1.00 bits per heavy atom. The number of aromatic nitrogens is 1. The number of rotatable bonds is 8. The summed E-state index contributed by atoms with van der Waals surface area (Å²) in [7, 11) is 0. The first kappa shape index (κ1) is 22.7. The Morgan fingerprint density at radius 2 is 1.76 bits per heavy atom. The zero-order valence-electron chi connectivity index (χ0n) is 18.6. The lowest BCUT2D eigenvalue weighted by Gasteiger charge is -2.21. The van der Waals surface area contributed by atoms with Crippen molar-refractivity contribution in [3.05, 3.63) is 76.3 Å². The van der Waals surface area contributed by atoms with Crippen LogP contribution in [0.1, 0.15) is 40.0 Å². The van der Waals surface area contributed by atoms with Crippen LogP contribution >= 0.6 is 11.3 Å². The maximum atomic E-state index is 12.8. The second-order valence-electron chi connectivity index (χ2n) is 8.25. The number of thiazole rings is 1. The minimum Gasteiger partial charge on any atom is -0.326 e. The summed E-state index contributed by atoms with van der Waals surface area (Å²) in [6, 6.07) is 14.9. The molecule has 0 saturated heterocycles. The predicted octanol–water partition coefficient (Wildman–Crippen LogP) is 4.18. The largest absolute Gasteiger partial charge is 0.326 e. The average Bonchev–Trinajstić information content (AvgIpc) is 3.55. The second kappa shape index (κ2) is 9.95. The molecule has 0 radical (unpaired) electrons. The SMILES string of the molecule is Cc1ccc(NC(=O)Cc2csc(NC(=O)CN(C(=O)c3ccccc3)C3CC3)n2)cc1C. The van der Waals surface area contributed by atoms with Gasteiger partial charge >= 0.3 is 0 Å². The van der Waals surface area contributed by atoms with Gasteiger partial charge in [-0.25, -0.2) is 4.98 Å². The van der Waals surface area contributed by atoms with Crippen LogP contribution < -0.4 is 10.6 Å². The molecular weight excluding hydrogens is 436 g/mol. The van der Waals surface area contributed by atoms with E-state index in [4.69, 9.17) is 0 Å². The normalized spacial score (nSPS) is 12.8. The fourth-order valence-electron chi connectivity index (χ4n) is 3.45. The first-order chi connectivity index (χ1) is 15.9. The molecule has 1 heterocycles.